The number of carbonyl (C=O) groups is 1. The van der Waals surface area contributed by atoms with Gasteiger partial charge >= 0.3 is 12.2 Å². The zero-order valence-corrected chi connectivity index (χ0v) is 15.4. The lowest BCUT2D eigenvalue weighted by atomic mass is 10.1. The van der Waals surface area contributed by atoms with Crippen molar-refractivity contribution in [3.8, 4) is 0 Å². The SMILES string of the molecule is Cc1c(C(NC(=O)Nc2cnc(Cl)nc2)C(F)(F)F)sc2c(F)cc(F)cc12. The molecule has 0 aliphatic carbocycles. The Balaban J connectivity index is 1.94. The standard InChI is InChI=1S/C16H10ClF5N4OS/c1-6-9-2-7(18)3-10(19)12(9)28-11(6)13(16(20,21)22)26-15(27)25-8-4-23-14(17)24-5-8/h2-5,13H,1H3,(H2,25,26,27). The fourth-order valence-corrected chi connectivity index (χ4v) is 3.88. The number of rotatable bonds is 3. The molecule has 2 N–H and O–H groups in total. The number of hydrogen-bond donors (Lipinski definition) is 2. The van der Waals surface area contributed by atoms with E-state index in [1.54, 1.807) is 5.32 Å². The van der Waals surface area contributed by atoms with Crippen LogP contribution in [0.1, 0.15) is 16.5 Å². The third-order valence-electron chi connectivity index (χ3n) is 3.74. The number of halogens is 6. The number of alkyl halides is 3. The van der Waals surface area contributed by atoms with E-state index < -0.39 is 29.9 Å². The smallest absolute Gasteiger partial charge is 0.322 e. The molecule has 0 radical (unpaired) electrons. The van der Waals surface area contributed by atoms with E-state index in [9.17, 15) is 26.7 Å². The Bertz CT molecular complexity index is 1040. The number of nitrogens with one attached hydrogen (secondary N) is 2. The Morgan fingerprint density at radius 3 is 2.46 bits per heavy atom. The first kappa shape index (κ1) is 20.2. The van der Waals surface area contributed by atoms with Crippen molar-refractivity contribution in [1.29, 1.82) is 0 Å². The molecule has 2 heterocycles. The van der Waals surface area contributed by atoms with E-state index in [-0.39, 0.29) is 31.5 Å². The normalized spacial score (nSPS) is 12.8. The van der Waals surface area contributed by atoms with Gasteiger partial charge in [-0.25, -0.2) is 23.5 Å². The van der Waals surface area contributed by atoms with Gasteiger partial charge < -0.3 is 10.6 Å². The molecule has 0 aliphatic heterocycles. The van der Waals surface area contributed by atoms with Crippen LogP contribution < -0.4 is 10.6 Å². The summed E-state index contributed by atoms with van der Waals surface area (Å²) in [4.78, 5) is 18.9. The molecule has 0 saturated heterocycles. The number of urea groups is 1. The first-order valence-corrected chi connectivity index (χ1v) is 8.75. The lowest BCUT2D eigenvalue weighted by Crippen LogP contribution is -2.40. The van der Waals surface area contributed by atoms with Crippen LogP contribution in [0.2, 0.25) is 5.28 Å². The van der Waals surface area contributed by atoms with Crippen molar-refractivity contribution in [1.82, 2.24) is 15.3 Å². The van der Waals surface area contributed by atoms with Crippen LogP contribution in [0.15, 0.2) is 24.5 Å². The van der Waals surface area contributed by atoms with Crippen LogP contribution in [0.4, 0.5) is 32.4 Å². The highest BCUT2D eigenvalue weighted by atomic mass is 35.5. The Hall–Kier alpha value is -2.53. The lowest BCUT2D eigenvalue weighted by Gasteiger charge is -2.21. The van der Waals surface area contributed by atoms with Gasteiger partial charge in [0.05, 0.1) is 22.8 Å². The quantitative estimate of drug-likeness (QED) is 0.429. The van der Waals surface area contributed by atoms with Crippen LogP contribution in [0, 0.1) is 18.6 Å². The number of aromatic nitrogens is 2. The van der Waals surface area contributed by atoms with E-state index in [0.29, 0.717) is 17.4 Å². The molecule has 0 fully saturated rings. The number of thiophene rings is 1. The first-order chi connectivity index (χ1) is 13.1. The van der Waals surface area contributed by atoms with Crippen molar-refractivity contribution < 1.29 is 26.7 Å². The van der Waals surface area contributed by atoms with Gasteiger partial charge in [-0.3, -0.25) is 0 Å². The van der Waals surface area contributed by atoms with Crippen LogP contribution >= 0.6 is 22.9 Å². The van der Waals surface area contributed by atoms with E-state index in [2.05, 4.69) is 15.3 Å². The van der Waals surface area contributed by atoms with Gasteiger partial charge in [-0.05, 0) is 30.2 Å². The monoisotopic (exact) mass is 436 g/mol. The second-order valence-corrected chi connectivity index (χ2v) is 7.06. The molecule has 2 aromatic heterocycles. The Morgan fingerprint density at radius 1 is 1.21 bits per heavy atom. The van der Waals surface area contributed by atoms with Crippen molar-refractivity contribution in [2.45, 2.75) is 19.1 Å². The summed E-state index contributed by atoms with van der Waals surface area (Å²) in [6.45, 7) is 1.30. The van der Waals surface area contributed by atoms with Crippen molar-refractivity contribution >= 4 is 44.7 Å². The van der Waals surface area contributed by atoms with Crippen molar-refractivity contribution in [2.75, 3.05) is 5.32 Å². The summed E-state index contributed by atoms with van der Waals surface area (Å²) >= 11 is 6.00. The van der Waals surface area contributed by atoms with Gasteiger partial charge in [0.1, 0.15) is 11.6 Å². The number of hydrogen-bond acceptors (Lipinski definition) is 4. The summed E-state index contributed by atoms with van der Waals surface area (Å²) in [5.74, 6) is -1.88. The molecule has 0 aliphatic rings. The number of anilines is 1. The molecule has 148 valence electrons. The average molecular weight is 437 g/mol. The molecule has 3 rings (SSSR count). The highest BCUT2D eigenvalue weighted by Gasteiger charge is 2.44. The second kappa shape index (κ2) is 7.47. The average Bonchev–Trinajstić information content (AvgIpc) is 2.91. The van der Waals surface area contributed by atoms with Gasteiger partial charge in [-0.1, -0.05) is 0 Å². The summed E-state index contributed by atoms with van der Waals surface area (Å²) in [6, 6.07) is -2.07. The lowest BCUT2D eigenvalue weighted by molar-refractivity contribution is -0.154. The molecule has 0 saturated carbocycles. The number of amides is 2. The van der Waals surface area contributed by atoms with Gasteiger partial charge in [0.2, 0.25) is 5.28 Å². The van der Waals surface area contributed by atoms with E-state index in [0.717, 1.165) is 18.5 Å². The maximum Gasteiger partial charge on any atom is 0.413 e. The van der Waals surface area contributed by atoms with Crippen LogP contribution in [-0.4, -0.2) is 22.2 Å². The number of carbonyl (C=O) groups excluding carboxylic acids is 1. The molecule has 1 unspecified atom stereocenters. The number of nitrogens with zero attached hydrogens (tertiary/aromatic N) is 2. The van der Waals surface area contributed by atoms with Gasteiger partial charge in [-0.2, -0.15) is 13.2 Å². The van der Waals surface area contributed by atoms with E-state index >= 15 is 0 Å². The highest BCUT2D eigenvalue weighted by Crippen LogP contribution is 2.42. The summed E-state index contributed by atoms with van der Waals surface area (Å²) in [5.41, 5.74) is 0.0415. The summed E-state index contributed by atoms with van der Waals surface area (Å²) in [5, 5.41) is 3.87. The minimum atomic E-state index is -4.88. The number of fused-ring (bicyclic) bond motifs is 1. The molecule has 0 spiro atoms. The third-order valence-corrected chi connectivity index (χ3v) is 5.31. The minimum absolute atomic E-state index is 0.0139. The summed E-state index contributed by atoms with van der Waals surface area (Å²) in [7, 11) is 0. The fraction of sp³-hybridized carbons (Fsp3) is 0.188. The van der Waals surface area contributed by atoms with Crippen molar-refractivity contribution in [2.24, 2.45) is 0 Å². The second-order valence-electron chi connectivity index (χ2n) is 5.67. The molecule has 1 atom stereocenters. The van der Waals surface area contributed by atoms with E-state index in [1.165, 1.54) is 6.92 Å². The largest absolute Gasteiger partial charge is 0.413 e. The molecule has 0 bridgehead atoms. The third kappa shape index (κ3) is 4.14. The highest BCUT2D eigenvalue weighted by molar-refractivity contribution is 7.19. The summed E-state index contributed by atoms with van der Waals surface area (Å²) < 4.78 is 68.1. The van der Waals surface area contributed by atoms with Crippen molar-refractivity contribution in [3.63, 3.8) is 0 Å². The zero-order chi connectivity index (χ0) is 20.6. The molecule has 1 aromatic carbocycles. The predicted octanol–water partition coefficient (Wildman–Crippen LogP) is 5.36. The van der Waals surface area contributed by atoms with Crippen LogP contribution in [0.5, 0.6) is 0 Å². The Kier molecular flexibility index (Phi) is 5.39. The minimum Gasteiger partial charge on any atom is -0.322 e. The van der Waals surface area contributed by atoms with E-state index in [4.69, 9.17) is 11.6 Å². The molecule has 3 aromatic rings. The topological polar surface area (TPSA) is 66.9 Å². The van der Waals surface area contributed by atoms with Gasteiger partial charge in [0.25, 0.3) is 0 Å². The predicted molar refractivity (Wildman–Crippen MR) is 94.5 cm³/mol. The molecular weight excluding hydrogens is 427 g/mol. The summed E-state index contributed by atoms with van der Waals surface area (Å²) in [6.07, 6.45) is -2.66. The molecular formula is C16H10ClF5N4OS. The molecule has 5 nitrogen and oxygen atoms in total. The first-order valence-electron chi connectivity index (χ1n) is 7.56. The van der Waals surface area contributed by atoms with Gasteiger partial charge in [0.15, 0.2) is 6.04 Å². The zero-order valence-electron chi connectivity index (χ0n) is 13.9. The maximum absolute atomic E-state index is 13.9. The number of benzene rings is 1. The Labute approximate surface area is 163 Å². The molecule has 28 heavy (non-hydrogen) atoms. The van der Waals surface area contributed by atoms with Crippen LogP contribution in [0.25, 0.3) is 10.1 Å². The van der Waals surface area contributed by atoms with Gasteiger partial charge in [0, 0.05) is 16.3 Å². The Morgan fingerprint density at radius 2 is 1.86 bits per heavy atom. The number of aryl methyl sites for hydroxylation is 1. The van der Waals surface area contributed by atoms with Crippen molar-refractivity contribution in [3.05, 3.63) is 51.9 Å². The molecule has 2 amide bonds. The van der Waals surface area contributed by atoms with E-state index in [1.807, 2.05) is 0 Å². The maximum atomic E-state index is 13.9. The molecule has 12 heteroatoms. The van der Waals surface area contributed by atoms with Crippen LogP contribution in [-0.2, 0) is 0 Å². The van der Waals surface area contributed by atoms with Crippen LogP contribution in [0.3, 0.4) is 0 Å². The van der Waals surface area contributed by atoms with Gasteiger partial charge in [-0.15, -0.1) is 11.3 Å². The fourth-order valence-electron chi connectivity index (χ4n) is 2.51.